The lowest BCUT2D eigenvalue weighted by Gasteiger charge is -2.10. The van der Waals surface area contributed by atoms with E-state index in [4.69, 9.17) is 5.11 Å². The molecule has 0 fully saturated rings. The minimum Gasteiger partial charge on any atom is -0.396 e. The molecule has 1 aromatic heterocycles. The Kier molecular flexibility index (Phi) is 4.19. The van der Waals surface area contributed by atoms with Crippen LogP contribution in [0.1, 0.15) is 12.5 Å². The molecule has 6 nitrogen and oxygen atoms in total. The van der Waals surface area contributed by atoms with Crippen LogP contribution in [-0.4, -0.2) is 28.2 Å². The second-order valence-electron chi connectivity index (χ2n) is 3.78. The number of aliphatic hydroxyl groups is 1. The highest BCUT2D eigenvalue weighted by Crippen LogP contribution is 2.19. The third kappa shape index (κ3) is 3.16. The van der Waals surface area contributed by atoms with Crippen molar-refractivity contribution in [3.05, 3.63) is 27.9 Å². The van der Waals surface area contributed by atoms with Crippen molar-refractivity contribution in [2.75, 3.05) is 18.5 Å². The summed E-state index contributed by atoms with van der Waals surface area (Å²) in [6, 6.07) is 1.40. The molecule has 16 heavy (non-hydrogen) atoms. The first-order valence-electron chi connectivity index (χ1n) is 5.00. The summed E-state index contributed by atoms with van der Waals surface area (Å²) in [5.74, 6) is 0.541. The number of nitrogens with one attached hydrogen (secondary N) is 1. The number of pyridine rings is 1. The predicted molar refractivity (Wildman–Crippen MR) is 60.4 cm³/mol. The van der Waals surface area contributed by atoms with E-state index in [1.54, 1.807) is 6.92 Å². The standard InChI is InChI=1S/C10H15N3O3/c1-7(6-14)4-11-10-3-9(13(15)16)8(2)5-12-10/h3,5,7,14H,4,6H2,1-2H3,(H,11,12). The van der Waals surface area contributed by atoms with Gasteiger partial charge >= 0.3 is 0 Å². The highest BCUT2D eigenvalue weighted by atomic mass is 16.6. The average molecular weight is 225 g/mol. The molecule has 0 amide bonds. The van der Waals surface area contributed by atoms with Crippen LogP contribution < -0.4 is 5.32 Å². The molecule has 1 rings (SSSR count). The summed E-state index contributed by atoms with van der Waals surface area (Å²) >= 11 is 0. The van der Waals surface area contributed by atoms with Gasteiger partial charge in [0.05, 0.1) is 11.0 Å². The van der Waals surface area contributed by atoms with E-state index in [0.29, 0.717) is 17.9 Å². The molecular weight excluding hydrogens is 210 g/mol. The molecule has 6 heteroatoms. The lowest BCUT2D eigenvalue weighted by atomic mass is 10.2. The fraction of sp³-hybridized carbons (Fsp3) is 0.500. The fourth-order valence-electron chi connectivity index (χ4n) is 1.15. The molecule has 2 N–H and O–H groups in total. The van der Waals surface area contributed by atoms with E-state index < -0.39 is 4.92 Å². The first-order valence-corrected chi connectivity index (χ1v) is 5.00. The highest BCUT2D eigenvalue weighted by molar-refractivity contribution is 5.48. The second kappa shape index (κ2) is 5.41. The van der Waals surface area contributed by atoms with Crippen LogP contribution in [-0.2, 0) is 0 Å². The van der Waals surface area contributed by atoms with Gasteiger partial charge < -0.3 is 10.4 Å². The van der Waals surface area contributed by atoms with Crippen LogP contribution in [0.2, 0.25) is 0 Å². The Hall–Kier alpha value is -1.69. The molecule has 0 aromatic carbocycles. The molecule has 0 saturated carbocycles. The number of nitrogens with zero attached hydrogens (tertiary/aromatic N) is 2. The molecule has 1 heterocycles. The second-order valence-corrected chi connectivity index (χ2v) is 3.78. The van der Waals surface area contributed by atoms with Crippen molar-refractivity contribution in [3.8, 4) is 0 Å². The van der Waals surface area contributed by atoms with Gasteiger partial charge in [0, 0.05) is 24.9 Å². The number of anilines is 1. The van der Waals surface area contributed by atoms with Gasteiger partial charge in [0.15, 0.2) is 0 Å². The lowest BCUT2D eigenvalue weighted by molar-refractivity contribution is -0.385. The molecule has 0 bridgehead atoms. The molecule has 0 aliphatic carbocycles. The summed E-state index contributed by atoms with van der Waals surface area (Å²) in [6.45, 7) is 4.12. The van der Waals surface area contributed by atoms with Gasteiger partial charge in [-0.3, -0.25) is 10.1 Å². The van der Waals surface area contributed by atoms with E-state index >= 15 is 0 Å². The van der Waals surface area contributed by atoms with Crippen LogP contribution in [0, 0.1) is 23.0 Å². The minimum atomic E-state index is -0.433. The van der Waals surface area contributed by atoms with Crippen molar-refractivity contribution >= 4 is 11.5 Å². The molecule has 0 spiro atoms. The smallest absolute Gasteiger partial charge is 0.277 e. The Bertz CT molecular complexity index is 382. The molecule has 0 aliphatic heterocycles. The maximum Gasteiger partial charge on any atom is 0.277 e. The van der Waals surface area contributed by atoms with Crippen molar-refractivity contribution in [2.45, 2.75) is 13.8 Å². The summed E-state index contributed by atoms with van der Waals surface area (Å²) in [7, 11) is 0. The van der Waals surface area contributed by atoms with Crippen molar-refractivity contribution in [1.29, 1.82) is 0 Å². The van der Waals surface area contributed by atoms with Gasteiger partial charge in [-0.05, 0) is 12.8 Å². The third-order valence-corrected chi connectivity index (χ3v) is 2.21. The SMILES string of the molecule is Cc1cnc(NCC(C)CO)cc1[N+](=O)[O-]. The summed E-state index contributed by atoms with van der Waals surface area (Å²) in [5, 5.41) is 22.5. The van der Waals surface area contributed by atoms with Crippen LogP contribution in [0.4, 0.5) is 11.5 Å². The van der Waals surface area contributed by atoms with Crippen molar-refractivity contribution in [2.24, 2.45) is 5.92 Å². The number of rotatable bonds is 5. The van der Waals surface area contributed by atoms with Crippen LogP contribution in [0.25, 0.3) is 0 Å². The monoisotopic (exact) mass is 225 g/mol. The maximum absolute atomic E-state index is 10.7. The molecule has 1 unspecified atom stereocenters. The first-order chi connectivity index (χ1) is 7.54. The van der Waals surface area contributed by atoms with Gasteiger partial charge in [0.25, 0.3) is 5.69 Å². The van der Waals surface area contributed by atoms with Gasteiger partial charge in [-0.25, -0.2) is 4.98 Å². The zero-order valence-electron chi connectivity index (χ0n) is 9.30. The van der Waals surface area contributed by atoms with Crippen LogP contribution in [0.3, 0.4) is 0 Å². The molecule has 1 atom stereocenters. The molecule has 1 aromatic rings. The maximum atomic E-state index is 10.7. The van der Waals surface area contributed by atoms with Crippen molar-refractivity contribution in [1.82, 2.24) is 4.98 Å². The van der Waals surface area contributed by atoms with Gasteiger partial charge in [-0.2, -0.15) is 0 Å². The van der Waals surface area contributed by atoms with Crippen LogP contribution in [0.15, 0.2) is 12.3 Å². The first kappa shape index (κ1) is 12.4. The summed E-state index contributed by atoms with van der Waals surface area (Å²) in [4.78, 5) is 14.3. The topological polar surface area (TPSA) is 88.3 Å². The highest BCUT2D eigenvalue weighted by Gasteiger charge is 2.12. The molecule has 0 saturated heterocycles. The van der Waals surface area contributed by atoms with Crippen LogP contribution >= 0.6 is 0 Å². The Balaban J connectivity index is 2.75. The lowest BCUT2D eigenvalue weighted by Crippen LogP contribution is -2.15. The molecule has 0 radical (unpaired) electrons. The number of hydrogen-bond acceptors (Lipinski definition) is 5. The van der Waals surface area contributed by atoms with Crippen LogP contribution in [0.5, 0.6) is 0 Å². The number of aromatic nitrogens is 1. The Labute approximate surface area is 93.5 Å². The fourth-order valence-corrected chi connectivity index (χ4v) is 1.15. The zero-order valence-corrected chi connectivity index (χ0v) is 9.30. The number of aliphatic hydroxyl groups excluding tert-OH is 1. The molecule has 0 aliphatic rings. The summed E-state index contributed by atoms with van der Waals surface area (Å²) in [5.41, 5.74) is 0.583. The zero-order chi connectivity index (χ0) is 12.1. The summed E-state index contributed by atoms with van der Waals surface area (Å²) < 4.78 is 0. The summed E-state index contributed by atoms with van der Waals surface area (Å²) in [6.07, 6.45) is 1.46. The Morgan fingerprint density at radius 2 is 2.38 bits per heavy atom. The van der Waals surface area contributed by atoms with Gasteiger partial charge in [-0.1, -0.05) is 6.92 Å². The van der Waals surface area contributed by atoms with E-state index in [2.05, 4.69) is 10.3 Å². The van der Waals surface area contributed by atoms with E-state index in [1.165, 1.54) is 12.3 Å². The molecular formula is C10H15N3O3. The van der Waals surface area contributed by atoms with E-state index in [1.807, 2.05) is 6.92 Å². The van der Waals surface area contributed by atoms with Crippen molar-refractivity contribution in [3.63, 3.8) is 0 Å². The third-order valence-electron chi connectivity index (χ3n) is 2.21. The number of hydrogen-bond donors (Lipinski definition) is 2. The number of nitro groups is 1. The average Bonchev–Trinajstić information content (AvgIpc) is 2.27. The predicted octanol–water partition coefficient (Wildman–Crippen LogP) is 1.34. The molecule has 88 valence electrons. The minimum absolute atomic E-state index is 0.0501. The Morgan fingerprint density at radius 1 is 1.69 bits per heavy atom. The van der Waals surface area contributed by atoms with Gasteiger partial charge in [-0.15, -0.1) is 0 Å². The van der Waals surface area contributed by atoms with Gasteiger partial charge in [0.2, 0.25) is 0 Å². The Morgan fingerprint density at radius 3 is 2.94 bits per heavy atom. The van der Waals surface area contributed by atoms with E-state index in [9.17, 15) is 10.1 Å². The van der Waals surface area contributed by atoms with Gasteiger partial charge in [0.1, 0.15) is 5.82 Å². The normalized spacial score (nSPS) is 12.2. The quantitative estimate of drug-likeness (QED) is 0.583. The van der Waals surface area contributed by atoms with Crippen molar-refractivity contribution < 1.29 is 10.0 Å². The van der Waals surface area contributed by atoms with E-state index in [0.717, 1.165) is 0 Å². The number of aryl methyl sites for hydroxylation is 1. The van der Waals surface area contributed by atoms with E-state index in [-0.39, 0.29) is 18.2 Å². The largest absolute Gasteiger partial charge is 0.396 e.